The molecule has 0 radical (unpaired) electrons. The summed E-state index contributed by atoms with van der Waals surface area (Å²) in [6.45, 7) is 8.24. The molecule has 3 N–H and O–H groups in total. The van der Waals surface area contributed by atoms with Crippen molar-refractivity contribution in [3.63, 3.8) is 0 Å². The zero-order chi connectivity index (χ0) is 16.8. The van der Waals surface area contributed by atoms with Crippen LogP contribution < -0.4 is 10.6 Å². The molecule has 0 unspecified atom stereocenters. The molecule has 0 rings (SSSR count). The largest absolute Gasteiger partial charge is 0.480 e. The third kappa shape index (κ3) is 16.7. The van der Waals surface area contributed by atoms with Crippen LogP contribution in [0.15, 0.2) is 0 Å². The number of hydrogen-bond donors (Lipinski definition) is 3. The van der Waals surface area contributed by atoms with E-state index in [0.717, 1.165) is 6.42 Å². The average molecular weight is 320 g/mol. The second-order valence-corrected chi connectivity index (χ2v) is 5.58. The topological polar surface area (TPSA) is 106 Å². The Hall–Kier alpha value is -1.38. The highest BCUT2D eigenvalue weighted by atomic mass is 16.6. The number of nitrogens with one attached hydrogen (secondary N) is 2. The molecule has 1 amide bonds. The number of carbonyl (C=O) groups excluding carboxylic acids is 1. The highest BCUT2D eigenvalue weighted by molar-refractivity contribution is 5.69. The first kappa shape index (κ1) is 20.6. The SMILES string of the molecule is CC(C)(C)OC(=O)NCCOCCCOCCNCC(=O)O. The van der Waals surface area contributed by atoms with Crippen molar-refractivity contribution in [3.8, 4) is 0 Å². The lowest BCUT2D eigenvalue weighted by atomic mass is 10.2. The van der Waals surface area contributed by atoms with Crippen LogP contribution in [0.5, 0.6) is 0 Å². The van der Waals surface area contributed by atoms with Crippen molar-refractivity contribution in [2.45, 2.75) is 32.8 Å². The van der Waals surface area contributed by atoms with Crippen LogP contribution >= 0.6 is 0 Å². The van der Waals surface area contributed by atoms with E-state index >= 15 is 0 Å². The van der Waals surface area contributed by atoms with Gasteiger partial charge in [-0.05, 0) is 27.2 Å². The first-order valence-corrected chi connectivity index (χ1v) is 7.36. The molecule has 0 saturated carbocycles. The van der Waals surface area contributed by atoms with Crippen LogP contribution in [0.2, 0.25) is 0 Å². The maximum atomic E-state index is 11.3. The van der Waals surface area contributed by atoms with Crippen molar-refractivity contribution < 1.29 is 28.9 Å². The molecular weight excluding hydrogens is 292 g/mol. The van der Waals surface area contributed by atoms with E-state index in [1.807, 2.05) is 0 Å². The second kappa shape index (κ2) is 12.2. The molecule has 0 fully saturated rings. The van der Waals surface area contributed by atoms with Gasteiger partial charge in [-0.25, -0.2) is 4.79 Å². The fourth-order valence-electron chi connectivity index (χ4n) is 1.35. The number of rotatable bonds is 12. The Kier molecular flexibility index (Phi) is 11.4. The third-order valence-electron chi connectivity index (χ3n) is 2.19. The second-order valence-electron chi connectivity index (χ2n) is 5.58. The predicted molar refractivity (Wildman–Crippen MR) is 81.0 cm³/mol. The number of carboxylic acids is 1. The van der Waals surface area contributed by atoms with E-state index in [2.05, 4.69) is 10.6 Å². The van der Waals surface area contributed by atoms with Crippen LogP contribution in [0.25, 0.3) is 0 Å². The maximum Gasteiger partial charge on any atom is 0.407 e. The number of hydrogen-bond acceptors (Lipinski definition) is 6. The number of aliphatic carboxylic acids is 1. The maximum absolute atomic E-state index is 11.3. The summed E-state index contributed by atoms with van der Waals surface area (Å²) in [5.41, 5.74) is -0.498. The summed E-state index contributed by atoms with van der Waals surface area (Å²) >= 11 is 0. The molecule has 0 aliphatic heterocycles. The Balaban J connectivity index is 3.21. The summed E-state index contributed by atoms with van der Waals surface area (Å²) in [6, 6.07) is 0. The van der Waals surface area contributed by atoms with E-state index in [-0.39, 0.29) is 6.54 Å². The van der Waals surface area contributed by atoms with Gasteiger partial charge in [0.25, 0.3) is 0 Å². The van der Waals surface area contributed by atoms with Crippen molar-refractivity contribution in [1.29, 1.82) is 0 Å². The fourth-order valence-corrected chi connectivity index (χ4v) is 1.35. The summed E-state index contributed by atoms with van der Waals surface area (Å²) in [7, 11) is 0. The molecule has 0 aromatic heterocycles. The Morgan fingerprint density at radius 2 is 1.59 bits per heavy atom. The van der Waals surface area contributed by atoms with Gasteiger partial charge >= 0.3 is 12.1 Å². The molecule has 0 aromatic carbocycles. The lowest BCUT2D eigenvalue weighted by molar-refractivity contribution is -0.136. The fraction of sp³-hybridized carbons (Fsp3) is 0.857. The van der Waals surface area contributed by atoms with E-state index in [1.165, 1.54) is 0 Å². The summed E-state index contributed by atoms with van der Waals surface area (Å²) < 4.78 is 15.7. The molecule has 8 heteroatoms. The highest BCUT2D eigenvalue weighted by Gasteiger charge is 2.15. The van der Waals surface area contributed by atoms with Crippen LogP contribution in [0.3, 0.4) is 0 Å². The Bertz CT molecular complexity index is 317. The number of carboxylic acid groups (broad SMARTS) is 1. The molecule has 0 aliphatic carbocycles. The molecule has 22 heavy (non-hydrogen) atoms. The van der Waals surface area contributed by atoms with Gasteiger partial charge in [0.1, 0.15) is 5.60 Å². The number of ether oxygens (including phenoxy) is 3. The van der Waals surface area contributed by atoms with E-state index in [0.29, 0.717) is 39.5 Å². The summed E-state index contributed by atoms with van der Waals surface area (Å²) in [5, 5.41) is 13.7. The smallest absolute Gasteiger partial charge is 0.407 e. The zero-order valence-corrected chi connectivity index (χ0v) is 13.6. The standard InChI is InChI=1S/C14H28N2O6/c1-14(2,3)22-13(19)16-6-10-21-8-4-7-20-9-5-15-11-12(17)18/h15H,4-11H2,1-3H3,(H,16,19)(H,17,18). The van der Waals surface area contributed by atoms with E-state index < -0.39 is 17.7 Å². The van der Waals surface area contributed by atoms with Crippen LogP contribution in [-0.4, -0.2) is 68.8 Å². The van der Waals surface area contributed by atoms with Crippen molar-refractivity contribution >= 4 is 12.1 Å². The van der Waals surface area contributed by atoms with Gasteiger partial charge < -0.3 is 30.0 Å². The molecule has 0 bridgehead atoms. The lowest BCUT2D eigenvalue weighted by Gasteiger charge is -2.19. The molecular formula is C14H28N2O6. The van der Waals surface area contributed by atoms with Gasteiger partial charge in [0.2, 0.25) is 0 Å². The van der Waals surface area contributed by atoms with Gasteiger partial charge in [0.05, 0.1) is 19.8 Å². The minimum absolute atomic E-state index is 0.0584. The highest BCUT2D eigenvalue weighted by Crippen LogP contribution is 2.05. The van der Waals surface area contributed by atoms with Gasteiger partial charge in [0.15, 0.2) is 0 Å². The summed E-state index contributed by atoms with van der Waals surface area (Å²) in [4.78, 5) is 21.5. The predicted octanol–water partition coefficient (Wildman–Crippen LogP) is 0.609. The third-order valence-corrected chi connectivity index (χ3v) is 2.19. The van der Waals surface area contributed by atoms with Gasteiger partial charge in [0, 0.05) is 26.3 Å². The Morgan fingerprint density at radius 3 is 2.14 bits per heavy atom. The van der Waals surface area contributed by atoms with Crippen LogP contribution in [0, 0.1) is 0 Å². The minimum Gasteiger partial charge on any atom is -0.480 e. The Labute approximate surface area is 131 Å². The first-order chi connectivity index (χ1) is 10.3. The van der Waals surface area contributed by atoms with Crippen LogP contribution in [0.1, 0.15) is 27.2 Å². The van der Waals surface area contributed by atoms with Gasteiger partial charge in [-0.15, -0.1) is 0 Å². The van der Waals surface area contributed by atoms with E-state index in [4.69, 9.17) is 19.3 Å². The molecule has 130 valence electrons. The minimum atomic E-state index is -0.881. The molecule has 0 atom stereocenters. The average Bonchev–Trinajstić information content (AvgIpc) is 2.37. The molecule has 0 aliphatic rings. The number of carbonyl (C=O) groups is 2. The first-order valence-electron chi connectivity index (χ1n) is 7.36. The van der Waals surface area contributed by atoms with E-state index in [1.54, 1.807) is 20.8 Å². The number of alkyl carbamates (subject to hydrolysis) is 1. The lowest BCUT2D eigenvalue weighted by Crippen LogP contribution is -2.34. The molecule has 0 saturated heterocycles. The quantitative estimate of drug-likeness (QED) is 0.452. The van der Waals surface area contributed by atoms with Crippen molar-refractivity contribution in [2.24, 2.45) is 0 Å². The van der Waals surface area contributed by atoms with Gasteiger partial charge in [-0.3, -0.25) is 4.79 Å². The van der Waals surface area contributed by atoms with Crippen molar-refractivity contribution in [3.05, 3.63) is 0 Å². The molecule has 0 heterocycles. The normalized spacial score (nSPS) is 11.2. The molecule has 0 spiro atoms. The van der Waals surface area contributed by atoms with Gasteiger partial charge in [-0.2, -0.15) is 0 Å². The van der Waals surface area contributed by atoms with Crippen LogP contribution in [0.4, 0.5) is 4.79 Å². The number of amides is 1. The Morgan fingerprint density at radius 1 is 1.00 bits per heavy atom. The summed E-state index contributed by atoms with van der Waals surface area (Å²) in [6.07, 6.45) is 0.291. The molecule has 8 nitrogen and oxygen atoms in total. The summed E-state index contributed by atoms with van der Waals surface area (Å²) in [5.74, 6) is -0.881. The van der Waals surface area contributed by atoms with E-state index in [9.17, 15) is 9.59 Å². The van der Waals surface area contributed by atoms with Crippen molar-refractivity contribution in [1.82, 2.24) is 10.6 Å². The zero-order valence-electron chi connectivity index (χ0n) is 13.6. The van der Waals surface area contributed by atoms with Gasteiger partial charge in [-0.1, -0.05) is 0 Å². The monoisotopic (exact) mass is 320 g/mol. The van der Waals surface area contributed by atoms with Crippen LogP contribution in [-0.2, 0) is 19.0 Å². The van der Waals surface area contributed by atoms with Crippen molar-refractivity contribution in [2.75, 3.05) is 46.1 Å². The molecule has 0 aromatic rings.